The van der Waals surface area contributed by atoms with Crippen LogP contribution in [-0.2, 0) is 0 Å². The van der Waals surface area contributed by atoms with E-state index in [1.54, 1.807) is 0 Å². The van der Waals surface area contributed by atoms with E-state index in [1.165, 1.54) is 11.1 Å². The van der Waals surface area contributed by atoms with Gasteiger partial charge in [0, 0.05) is 54.7 Å². The first-order valence-electron chi connectivity index (χ1n) is 21.1. The number of para-hydroxylation sites is 3. The second-order valence-electron chi connectivity index (χ2n) is 16.0. The van der Waals surface area contributed by atoms with Gasteiger partial charge in [0.1, 0.15) is 22.3 Å². The van der Waals surface area contributed by atoms with E-state index in [0.29, 0.717) is 17.5 Å². The van der Waals surface area contributed by atoms with Crippen LogP contribution in [0.4, 0.5) is 0 Å². The van der Waals surface area contributed by atoms with E-state index < -0.39 is 0 Å². The van der Waals surface area contributed by atoms with E-state index in [2.05, 4.69) is 150 Å². The van der Waals surface area contributed by atoms with Gasteiger partial charge in [0.2, 0.25) is 0 Å². The predicted molar refractivity (Wildman–Crippen MR) is 256 cm³/mol. The van der Waals surface area contributed by atoms with Crippen molar-refractivity contribution in [1.29, 1.82) is 0 Å². The lowest BCUT2D eigenvalue weighted by Gasteiger charge is -2.14. The summed E-state index contributed by atoms with van der Waals surface area (Å²) in [5.74, 6) is 1.71. The first-order valence-corrected chi connectivity index (χ1v) is 21.1. The van der Waals surface area contributed by atoms with Crippen LogP contribution in [-0.4, -0.2) is 19.5 Å². The molecule has 0 spiro atoms. The van der Waals surface area contributed by atoms with E-state index in [0.717, 1.165) is 99.2 Å². The van der Waals surface area contributed by atoms with E-state index in [1.807, 2.05) is 60.7 Å². The summed E-state index contributed by atoms with van der Waals surface area (Å²) in [6.07, 6.45) is 0. The summed E-state index contributed by atoms with van der Waals surface area (Å²) in [5.41, 5.74) is 13.8. The molecule has 0 aliphatic rings. The molecule has 0 bridgehead atoms. The van der Waals surface area contributed by atoms with Crippen molar-refractivity contribution in [2.24, 2.45) is 0 Å². The highest BCUT2D eigenvalue weighted by atomic mass is 16.3. The van der Waals surface area contributed by atoms with Crippen LogP contribution < -0.4 is 0 Å². The number of benzene rings is 9. The molecule has 0 radical (unpaired) electrons. The highest BCUT2D eigenvalue weighted by Crippen LogP contribution is 2.40. The zero-order valence-electron chi connectivity index (χ0n) is 33.7. The molecule has 13 rings (SSSR count). The third kappa shape index (κ3) is 5.76. The third-order valence-corrected chi connectivity index (χ3v) is 12.2. The van der Waals surface area contributed by atoms with Crippen LogP contribution in [0.15, 0.2) is 215 Å². The number of aromatic nitrogens is 4. The highest BCUT2D eigenvalue weighted by molar-refractivity contribution is 6.13. The Balaban J connectivity index is 1.03. The molecule has 0 atom stereocenters. The van der Waals surface area contributed by atoms with Crippen LogP contribution in [0.5, 0.6) is 0 Å². The van der Waals surface area contributed by atoms with Gasteiger partial charge in [-0.2, -0.15) is 0 Å². The summed E-state index contributed by atoms with van der Waals surface area (Å²) in [5, 5.41) is 6.29. The number of rotatable bonds is 6. The van der Waals surface area contributed by atoms with Crippen molar-refractivity contribution in [3.05, 3.63) is 206 Å². The SMILES string of the molecule is c1ccc(-c2cc(-c3ccccc3)cc(-n3c4ccccc4c4cc(-c5nc(-c6ccc7oc8ccccc8c7c6)nc(-c6cccc7oc8ccccc8c67)n5)ccc43)c2)cc1. The third-order valence-electron chi connectivity index (χ3n) is 12.2. The lowest BCUT2D eigenvalue weighted by molar-refractivity contribution is 0.668. The topological polar surface area (TPSA) is 69.9 Å². The Morgan fingerprint density at radius 1 is 0.302 bits per heavy atom. The average molecular weight is 807 g/mol. The smallest absolute Gasteiger partial charge is 0.164 e. The van der Waals surface area contributed by atoms with Crippen LogP contribution >= 0.6 is 0 Å². The van der Waals surface area contributed by atoms with E-state index >= 15 is 0 Å². The number of furan rings is 2. The molecule has 63 heavy (non-hydrogen) atoms. The summed E-state index contributed by atoms with van der Waals surface area (Å²) < 4.78 is 14.9. The zero-order chi connectivity index (χ0) is 41.4. The molecule has 6 nitrogen and oxygen atoms in total. The largest absolute Gasteiger partial charge is 0.456 e. The summed E-state index contributed by atoms with van der Waals surface area (Å²) in [6.45, 7) is 0. The van der Waals surface area contributed by atoms with Crippen molar-refractivity contribution in [1.82, 2.24) is 19.5 Å². The molecule has 13 aromatic rings. The van der Waals surface area contributed by atoms with Crippen LogP contribution in [0.3, 0.4) is 0 Å². The molecule has 0 unspecified atom stereocenters. The van der Waals surface area contributed by atoms with Crippen LogP contribution in [0.2, 0.25) is 0 Å². The zero-order valence-corrected chi connectivity index (χ0v) is 33.7. The standard InChI is InChI=1S/C57H34N4O2/c1-3-14-35(15-4-1)39-30-40(36-16-5-2-6-17-36)32-41(31-39)61-48-22-10-7-18-42(48)46-33-37(26-28-49(46)61)55-58-56(38-27-29-52-47(34-38)43-19-8-11-23-50(43)62-52)60-57(59-55)45-21-13-25-53-54(45)44-20-9-12-24-51(44)63-53/h1-34H. The molecule has 0 aliphatic carbocycles. The Labute approximate surface area is 361 Å². The number of hydrogen-bond donors (Lipinski definition) is 0. The monoisotopic (exact) mass is 806 g/mol. The fourth-order valence-corrected chi connectivity index (χ4v) is 9.31. The lowest BCUT2D eigenvalue weighted by atomic mass is 9.98. The molecule has 0 N–H and O–H groups in total. The molecule has 6 heteroatoms. The maximum Gasteiger partial charge on any atom is 0.164 e. The molecular weight excluding hydrogens is 773 g/mol. The molecule has 9 aromatic carbocycles. The Morgan fingerprint density at radius 3 is 1.56 bits per heavy atom. The van der Waals surface area contributed by atoms with Gasteiger partial charge in [-0.3, -0.25) is 0 Å². The molecule has 4 heterocycles. The van der Waals surface area contributed by atoms with Crippen LogP contribution in [0.25, 0.3) is 128 Å². The molecule has 294 valence electrons. The van der Waals surface area contributed by atoms with Gasteiger partial charge in [-0.15, -0.1) is 0 Å². The van der Waals surface area contributed by atoms with Crippen molar-refractivity contribution < 1.29 is 8.83 Å². The summed E-state index contributed by atoms with van der Waals surface area (Å²) >= 11 is 0. The molecule has 0 saturated heterocycles. The average Bonchev–Trinajstić information content (AvgIpc) is 4.03. The second-order valence-corrected chi connectivity index (χ2v) is 16.0. The fourth-order valence-electron chi connectivity index (χ4n) is 9.31. The number of hydrogen-bond acceptors (Lipinski definition) is 5. The number of fused-ring (bicyclic) bond motifs is 9. The van der Waals surface area contributed by atoms with Crippen molar-refractivity contribution in [3.63, 3.8) is 0 Å². The van der Waals surface area contributed by atoms with E-state index in [9.17, 15) is 0 Å². The Bertz CT molecular complexity index is 3860. The maximum absolute atomic E-state index is 6.33. The first kappa shape index (κ1) is 35.2. The first-order chi connectivity index (χ1) is 31.2. The predicted octanol–water partition coefficient (Wildman–Crippen LogP) is 15.1. The van der Waals surface area contributed by atoms with E-state index in [-0.39, 0.29) is 0 Å². The number of nitrogens with zero attached hydrogens (tertiary/aromatic N) is 4. The minimum Gasteiger partial charge on any atom is -0.456 e. The molecular formula is C57H34N4O2. The minimum absolute atomic E-state index is 0.568. The van der Waals surface area contributed by atoms with Gasteiger partial charge in [-0.05, 0) is 101 Å². The highest BCUT2D eigenvalue weighted by Gasteiger charge is 2.21. The van der Waals surface area contributed by atoms with Gasteiger partial charge in [0.05, 0.1) is 11.0 Å². The maximum atomic E-state index is 6.33. The van der Waals surface area contributed by atoms with Gasteiger partial charge >= 0.3 is 0 Å². The molecule has 0 aliphatic heterocycles. The van der Waals surface area contributed by atoms with Crippen molar-refractivity contribution in [3.8, 4) is 62.1 Å². The van der Waals surface area contributed by atoms with Crippen LogP contribution in [0, 0.1) is 0 Å². The van der Waals surface area contributed by atoms with Gasteiger partial charge in [-0.1, -0.05) is 127 Å². The van der Waals surface area contributed by atoms with Crippen molar-refractivity contribution in [2.45, 2.75) is 0 Å². The van der Waals surface area contributed by atoms with Gasteiger partial charge < -0.3 is 13.4 Å². The van der Waals surface area contributed by atoms with Crippen molar-refractivity contribution >= 4 is 65.7 Å². The normalized spacial score (nSPS) is 11.8. The molecule has 0 saturated carbocycles. The van der Waals surface area contributed by atoms with Crippen LogP contribution in [0.1, 0.15) is 0 Å². The molecule has 4 aromatic heterocycles. The van der Waals surface area contributed by atoms with Gasteiger partial charge in [0.25, 0.3) is 0 Å². The Hall–Kier alpha value is -8.61. The quantitative estimate of drug-likeness (QED) is 0.167. The Kier molecular flexibility index (Phi) is 7.80. The second kappa shape index (κ2) is 14.0. The molecule has 0 amide bonds. The van der Waals surface area contributed by atoms with Gasteiger partial charge in [-0.25, -0.2) is 15.0 Å². The summed E-state index contributed by atoms with van der Waals surface area (Å²) in [7, 11) is 0. The van der Waals surface area contributed by atoms with Crippen molar-refractivity contribution in [2.75, 3.05) is 0 Å². The lowest BCUT2D eigenvalue weighted by Crippen LogP contribution is -2.00. The fraction of sp³-hybridized carbons (Fsp3) is 0. The van der Waals surface area contributed by atoms with E-state index in [4.69, 9.17) is 23.8 Å². The molecule has 0 fully saturated rings. The van der Waals surface area contributed by atoms with Gasteiger partial charge in [0.15, 0.2) is 17.5 Å². The Morgan fingerprint density at radius 2 is 0.825 bits per heavy atom. The summed E-state index contributed by atoms with van der Waals surface area (Å²) in [4.78, 5) is 15.8. The summed E-state index contributed by atoms with van der Waals surface area (Å²) in [6, 6.07) is 71.8. The minimum atomic E-state index is 0.568.